The minimum Gasteiger partial charge on any atom is -0.497 e. The molecule has 142 valence electrons. The zero-order valence-corrected chi connectivity index (χ0v) is 16.1. The monoisotopic (exact) mass is 366 g/mol. The number of nitrogens with one attached hydrogen (secondary N) is 1. The van der Waals surface area contributed by atoms with Crippen molar-refractivity contribution < 1.29 is 4.74 Å². The number of piperidine rings is 1. The minimum absolute atomic E-state index is 0.590. The molecule has 1 aromatic carbocycles. The number of hydrogen-bond acceptors (Lipinski definition) is 5. The quantitative estimate of drug-likeness (QED) is 0.752. The van der Waals surface area contributed by atoms with E-state index in [-0.39, 0.29) is 0 Å². The molecule has 3 heterocycles. The SMILES string of the molecule is COc1ccc(C2CCN(c3nnc(Cc4cc(C)[nH]n4)n3C)CC2)cc1. The highest BCUT2D eigenvalue weighted by atomic mass is 16.5. The lowest BCUT2D eigenvalue weighted by molar-refractivity contribution is 0.414. The summed E-state index contributed by atoms with van der Waals surface area (Å²) in [6.45, 7) is 3.99. The lowest BCUT2D eigenvalue weighted by Crippen LogP contribution is -2.34. The van der Waals surface area contributed by atoms with E-state index in [2.05, 4.69) is 48.1 Å². The molecule has 4 rings (SSSR count). The van der Waals surface area contributed by atoms with E-state index in [9.17, 15) is 0 Å². The van der Waals surface area contributed by atoms with Gasteiger partial charge >= 0.3 is 0 Å². The average molecular weight is 366 g/mol. The Labute approximate surface area is 159 Å². The topological polar surface area (TPSA) is 71.9 Å². The first-order valence-corrected chi connectivity index (χ1v) is 9.42. The van der Waals surface area contributed by atoms with Crippen molar-refractivity contribution in [1.29, 1.82) is 0 Å². The molecule has 0 saturated carbocycles. The second kappa shape index (κ2) is 7.42. The first-order valence-electron chi connectivity index (χ1n) is 9.42. The molecule has 0 atom stereocenters. The number of rotatable bonds is 5. The maximum absolute atomic E-state index is 5.26. The van der Waals surface area contributed by atoms with Crippen LogP contribution in [0.5, 0.6) is 5.75 Å². The molecule has 2 aromatic heterocycles. The Kier molecular flexibility index (Phi) is 4.83. The highest BCUT2D eigenvalue weighted by Gasteiger charge is 2.24. The van der Waals surface area contributed by atoms with Gasteiger partial charge in [-0.15, -0.1) is 10.2 Å². The van der Waals surface area contributed by atoms with E-state index in [4.69, 9.17) is 4.74 Å². The van der Waals surface area contributed by atoms with Crippen LogP contribution in [-0.4, -0.2) is 45.2 Å². The van der Waals surface area contributed by atoms with Gasteiger partial charge in [0.2, 0.25) is 5.95 Å². The number of methoxy groups -OCH3 is 1. The molecule has 1 aliphatic heterocycles. The van der Waals surface area contributed by atoms with Crippen LogP contribution in [0, 0.1) is 6.92 Å². The van der Waals surface area contributed by atoms with Gasteiger partial charge in [-0.2, -0.15) is 5.10 Å². The summed E-state index contributed by atoms with van der Waals surface area (Å²) in [4.78, 5) is 2.34. The Morgan fingerprint density at radius 3 is 2.52 bits per heavy atom. The molecule has 0 aliphatic carbocycles. The van der Waals surface area contributed by atoms with Crippen LogP contribution in [0.1, 0.15) is 41.5 Å². The molecule has 1 saturated heterocycles. The predicted octanol–water partition coefficient (Wildman–Crippen LogP) is 2.83. The maximum atomic E-state index is 5.26. The van der Waals surface area contributed by atoms with Crippen molar-refractivity contribution in [3.05, 3.63) is 53.1 Å². The molecule has 0 bridgehead atoms. The molecule has 7 nitrogen and oxygen atoms in total. The zero-order valence-electron chi connectivity index (χ0n) is 16.1. The third-order valence-corrected chi connectivity index (χ3v) is 5.41. The normalized spacial score (nSPS) is 15.3. The van der Waals surface area contributed by atoms with Crippen molar-refractivity contribution in [3.63, 3.8) is 0 Å². The van der Waals surface area contributed by atoms with E-state index in [1.165, 1.54) is 5.56 Å². The van der Waals surface area contributed by atoms with Gasteiger partial charge in [-0.1, -0.05) is 12.1 Å². The van der Waals surface area contributed by atoms with Gasteiger partial charge < -0.3 is 14.2 Å². The largest absolute Gasteiger partial charge is 0.497 e. The Morgan fingerprint density at radius 2 is 1.89 bits per heavy atom. The number of aromatic nitrogens is 5. The molecule has 27 heavy (non-hydrogen) atoms. The number of H-pyrrole nitrogens is 1. The maximum Gasteiger partial charge on any atom is 0.226 e. The van der Waals surface area contributed by atoms with Crippen LogP contribution >= 0.6 is 0 Å². The van der Waals surface area contributed by atoms with Gasteiger partial charge in [0, 0.05) is 25.8 Å². The van der Waals surface area contributed by atoms with Crippen LogP contribution in [-0.2, 0) is 13.5 Å². The van der Waals surface area contributed by atoms with Crippen LogP contribution in [0.3, 0.4) is 0 Å². The summed E-state index contributed by atoms with van der Waals surface area (Å²) in [5.41, 5.74) is 3.45. The zero-order chi connectivity index (χ0) is 18.8. The van der Waals surface area contributed by atoms with Crippen LogP contribution in [0.15, 0.2) is 30.3 Å². The Hall–Kier alpha value is -2.83. The highest BCUT2D eigenvalue weighted by Crippen LogP contribution is 2.31. The summed E-state index contributed by atoms with van der Waals surface area (Å²) < 4.78 is 7.35. The van der Waals surface area contributed by atoms with Crippen molar-refractivity contribution in [2.45, 2.75) is 32.1 Å². The van der Waals surface area contributed by atoms with E-state index in [1.807, 2.05) is 26.1 Å². The van der Waals surface area contributed by atoms with Gasteiger partial charge in [0.25, 0.3) is 0 Å². The van der Waals surface area contributed by atoms with Crippen molar-refractivity contribution in [2.75, 3.05) is 25.1 Å². The van der Waals surface area contributed by atoms with E-state index in [1.54, 1.807) is 7.11 Å². The number of aryl methyl sites for hydroxylation is 1. The van der Waals surface area contributed by atoms with E-state index < -0.39 is 0 Å². The van der Waals surface area contributed by atoms with Crippen molar-refractivity contribution in [3.8, 4) is 5.75 Å². The minimum atomic E-state index is 0.590. The van der Waals surface area contributed by atoms with Crippen LogP contribution in [0.25, 0.3) is 0 Å². The Morgan fingerprint density at radius 1 is 1.15 bits per heavy atom. The summed E-state index contributed by atoms with van der Waals surface area (Å²) in [6.07, 6.45) is 2.93. The fourth-order valence-electron chi connectivity index (χ4n) is 3.80. The molecular formula is C20H26N6O. The van der Waals surface area contributed by atoms with Crippen molar-refractivity contribution in [1.82, 2.24) is 25.0 Å². The smallest absolute Gasteiger partial charge is 0.226 e. The van der Waals surface area contributed by atoms with Crippen LogP contribution in [0.2, 0.25) is 0 Å². The van der Waals surface area contributed by atoms with E-state index in [0.29, 0.717) is 12.3 Å². The van der Waals surface area contributed by atoms with E-state index >= 15 is 0 Å². The van der Waals surface area contributed by atoms with Crippen molar-refractivity contribution >= 4 is 5.95 Å². The Balaban J connectivity index is 1.40. The summed E-state index contributed by atoms with van der Waals surface area (Å²) >= 11 is 0. The molecule has 1 N–H and O–H groups in total. The summed E-state index contributed by atoms with van der Waals surface area (Å²) in [6, 6.07) is 10.5. The molecule has 1 fully saturated rings. The average Bonchev–Trinajstić information content (AvgIpc) is 3.28. The molecular weight excluding hydrogens is 340 g/mol. The number of anilines is 1. The second-order valence-electron chi connectivity index (χ2n) is 7.23. The molecule has 3 aromatic rings. The number of benzene rings is 1. The lowest BCUT2D eigenvalue weighted by Gasteiger charge is -2.32. The Bertz CT molecular complexity index is 890. The van der Waals surface area contributed by atoms with Crippen molar-refractivity contribution in [2.24, 2.45) is 7.05 Å². The first kappa shape index (κ1) is 17.6. The number of aromatic amines is 1. The van der Waals surface area contributed by atoms with Gasteiger partial charge in [0.1, 0.15) is 11.6 Å². The lowest BCUT2D eigenvalue weighted by atomic mass is 9.89. The number of hydrogen-bond donors (Lipinski definition) is 1. The van der Waals surface area contributed by atoms with Gasteiger partial charge in [-0.25, -0.2) is 0 Å². The van der Waals surface area contributed by atoms with Gasteiger partial charge in [0.15, 0.2) is 0 Å². The molecule has 1 aliphatic rings. The summed E-state index contributed by atoms with van der Waals surface area (Å²) in [5.74, 6) is 3.39. The number of ether oxygens (including phenoxy) is 1. The molecule has 0 unspecified atom stereocenters. The summed E-state index contributed by atoms with van der Waals surface area (Å²) in [7, 11) is 3.75. The fourth-order valence-corrected chi connectivity index (χ4v) is 3.80. The molecule has 0 spiro atoms. The summed E-state index contributed by atoms with van der Waals surface area (Å²) in [5, 5.41) is 16.1. The van der Waals surface area contributed by atoms with Gasteiger partial charge in [-0.05, 0) is 49.4 Å². The third kappa shape index (κ3) is 3.67. The van der Waals surface area contributed by atoms with Crippen LogP contribution < -0.4 is 9.64 Å². The molecule has 0 amide bonds. The highest BCUT2D eigenvalue weighted by molar-refractivity contribution is 5.35. The van der Waals surface area contributed by atoms with E-state index in [0.717, 1.165) is 54.8 Å². The predicted molar refractivity (Wildman–Crippen MR) is 104 cm³/mol. The third-order valence-electron chi connectivity index (χ3n) is 5.41. The van der Waals surface area contributed by atoms with Gasteiger partial charge in [-0.3, -0.25) is 5.10 Å². The number of nitrogens with zero attached hydrogens (tertiary/aromatic N) is 5. The first-order chi connectivity index (χ1) is 13.1. The fraction of sp³-hybridized carbons (Fsp3) is 0.450. The second-order valence-corrected chi connectivity index (χ2v) is 7.23. The molecule has 7 heteroatoms. The molecule has 0 radical (unpaired) electrons. The van der Waals surface area contributed by atoms with Crippen LogP contribution in [0.4, 0.5) is 5.95 Å². The van der Waals surface area contributed by atoms with Gasteiger partial charge in [0.05, 0.1) is 19.2 Å². The standard InChI is InChI=1S/C20H26N6O/c1-14-12-17(22-21-14)13-19-23-24-20(25(19)2)26-10-8-16(9-11-26)15-4-6-18(27-3)7-5-15/h4-7,12,16H,8-11,13H2,1-3H3,(H,21,22).